The molecule has 0 saturated heterocycles. The van der Waals surface area contributed by atoms with Gasteiger partial charge in [-0.2, -0.15) is 18.3 Å². The zero-order valence-corrected chi connectivity index (χ0v) is 10.7. The number of aromatic nitrogens is 2. The first kappa shape index (κ1) is 13.6. The summed E-state index contributed by atoms with van der Waals surface area (Å²) in [6.07, 6.45) is -3.20. The number of carboxylic acid groups (broad SMARTS) is 1. The van der Waals surface area contributed by atoms with Crippen LogP contribution in [-0.2, 0) is 6.18 Å². The largest absolute Gasteiger partial charge is 0.476 e. The van der Waals surface area contributed by atoms with Crippen molar-refractivity contribution in [2.75, 3.05) is 0 Å². The van der Waals surface area contributed by atoms with Crippen LogP contribution in [0.2, 0.25) is 0 Å². The van der Waals surface area contributed by atoms with E-state index in [1.807, 2.05) is 0 Å². The number of alkyl halides is 3. The van der Waals surface area contributed by atoms with Gasteiger partial charge < -0.3 is 5.11 Å². The fourth-order valence-electron chi connectivity index (χ4n) is 1.45. The number of hydrogen-bond donors (Lipinski definition) is 1. The van der Waals surface area contributed by atoms with Crippen LogP contribution >= 0.6 is 15.9 Å². The van der Waals surface area contributed by atoms with E-state index in [0.29, 0.717) is 0 Å². The number of nitrogens with zero attached hydrogens (tertiary/aromatic N) is 2. The Morgan fingerprint density at radius 2 is 2.00 bits per heavy atom. The van der Waals surface area contributed by atoms with Gasteiger partial charge in [0.2, 0.25) is 0 Å². The van der Waals surface area contributed by atoms with E-state index >= 15 is 0 Å². The van der Waals surface area contributed by atoms with Crippen molar-refractivity contribution in [3.63, 3.8) is 0 Å². The Labute approximate surface area is 113 Å². The summed E-state index contributed by atoms with van der Waals surface area (Å²) >= 11 is 2.98. The van der Waals surface area contributed by atoms with E-state index < -0.39 is 17.7 Å². The molecular weight excluding hydrogens is 329 g/mol. The summed E-state index contributed by atoms with van der Waals surface area (Å²) in [6.45, 7) is 0. The average molecular weight is 335 g/mol. The number of rotatable bonds is 2. The first-order chi connectivity index (χ1) is 8.77. The molecule has 4 nitrogen and oxygen atoms in total. The van der Waals surface area contributed by atoms with E-state index in [1.165, 1.54) is 18.3 Å². The van der Waals surface area contributed by atoms with Crippen LogP contribution in [0.25, 0.3) is 5.69 Å². The Morgan fingerprint density at radius 1 is 1.32 bits per heavy atom. The standard InChI is InChI=1S/C11H6BrF3N2O2/c12-7-3-6(11(13,14)15)4-8(5-7)17-2-1-9(16-17)10(18)19/h1-5H,(H,18,19). The minimum absolute atomic E-state index is 0.120. The predicted molar refractivity (Wildman–Crippen MR) is 63.2 cm³/mol. The molecular formula is C11H6BrF3N2O2. The lowest BCUT2D eigenvalue weighted by molar-refractivity contribution is -0.137. The van der Waals surface area contributed by atoms with E-state index in [4.69, 9.17) is 5.11 Å². The Balaban J connectivity index is 2.50. The van der Waals surface area contributed by atoms with Crippen molar-refractivity contribution in [2.24, 2.45) is 0 Å². The Hall–Kier alpha value is -1.83. The molecule has 8 heteroatoms. The zero-order chi connectivity index (χ0) is 14.2. The van der Waals surface area contributed by atoms with Gasteiger partial charge in [0.15, 0.2) is 5.69 Å². The van der Waals surface area contributed by atoms with E-state index in [2.05, 4.69) is 21.0 Å². The van der Waals surface area contributed by atoms with Crippen molar-refractivity contribution >= 4 is 21.9 Å². The minimum atomic E-state index is -4.48. The molecule has 0 atom stereocenters. The van der Waals surface area contributed by atoms with Crippen LogP contribution in [0.4, 0.5) is 13.2 Å². The molecule has 0 radical (unpaired) electrons. The summed E-state index contributed by atoms with van der Waals surface area (Å²) in [5.74, 6) is -1.25. The smallest absolute Gasteiger partial charge is 0.416 e. The first-order valence-corrected chi connectivity index (χ1v) is 5.74. The second-order valence-electron chi connectivity index (χ2n) is 3.65. The van der Waals surface area contributed by atoms with Crippen LogP contribution < -0.4 is 0 Å². The molecule has 0 aliphatic carbocycles. The van der Waals surface area contributed by atoms with Crippen molar-refractivity contribution in [1.29, 1.82) is 0 Å². The van der Waals surface area contributed by atoms with Gasteiger partial charge in [0.25, 0.3) is 0 Å². The molecule has 1 N–H and O–H groups in total. The number of carboxylic acids is 1. The van der Waals surface area contributed by atoms with Crippen LogP contribution in [0.3, 0.4) is 0 Å². The molecule has 0 amide bonds. The molecule has 0 saturated carbocycles. The summed E-state index contributed by atoms with van der Waals surface area (Å²) in [5.41, 5.74) is -0.966. The number of aromatic carboxylic acids is 1. The molecule has 0 spiro atoms. The molecule has 0 aliphatic rings. The van der Waals surface area contributed by atoms with Gasteiger partial charge in [-0.05, 0) is 24.3 Å². The monoisotopic (exact) mass is 334 g/mol. The van der Waals surface area contributed by atoms with Crippen LogP contribution in [0.15, 0.2) is 34.9 Å². The fourth-order valence-corrected chi connectivity index (χ4v) is 1.93. The number of hydrogen-bond acceptors (Lipinski definition) is 2. The normalized spacial score (nSPS) is 11.6. The van der Waals surface area contributed by atoms with Crippen LogP contribution in [0, 0.1) is 0 Å². The van der Waals surface area contributed by atoms with E-state index in [9.17, 15) is 18.0 Å². The van der Waals surface area contributed by atoms with Gasteiger partial charge in [-0.15, -0.1) is 0 Å². The maximum absolute atomic E-state index is 12.7. The lowest BCUT2D eigenvalue weighted by Crippen LogP contribution is -2.07. The summed E-state index contributed by atoms with van der Waals surface area (Å²) < 4.78 is 39.3. The molecule has 2 rings (SSSR count). The Kier molecular flexibility index (Phi) is 3.36. The van der Waals surface area contributed by atoms with Gasteiger partial charge in [0, 0.05) is 10.7 Å². The van der Waals surface area contributed by atoms with E-state index in [0.717, 1.165) is 16.8 Å². The molecule has 1 heterocycles. The van der Waals surface area contributed by atoms with Crippen molar-refractivity contribution in [3.8, 4) is 5.69 Å². The second-order valence-corrected chi connectivity index (χ2v) is 4.56. The highest BCUT2D eigenvalue weighted by atomic mass is 79.9. The molecule has 0 aliphatic heterocycles. The summed E-state index contributed by atoms with van der Waals surface area (Å²) in [5, 5.41) is 12.4. The topological polar surface area (TPSA) is 55.1 Å². The third-order valence-electron chi connectivity index (χ3n) is 2.28. The van der Waals surface area contributed by atoms with Gasteiger partial charge >= 0.3 is 12.1 Å². The SMILES string of the molecule is O=C(O)c1ccn(-c2cc(Br)cc(C(F)(F)F)c2)n1. The third kappa shape index (κ3) is 2.95. The molecule has 1 aromatic carbocycles. The van der Waals surface area contributed by atoms with Crippen LogP contribution in [-0.4, -0.2) is 20.9 Å². The predicted octanol–water partition coefficient (Wildman–Crippen LogP) is 3.35. The maximum atomic E-state index is 12.7. The fraction of sp³-hybridized carbons (Fsp3) is 0.0909. The van der Waals surface area contributed by atoms with Crippen molar-refractivity contribution in [2.45, 2.75) is 6.18 Å². The average Bonchev–Trinajstić information content (AvgIpc) is 2.76. The second kappa shape index (κ2) is 4.69. The van der Waals surface area contributed by atoms with Crippen molar-refractivity contribution in [3.05, 3.63) is 46.2 Å². The van der Waals surface area contributed by atoms with Gasteiger partial charge in [0.05, 0.1) is 11.3 Å². The maximum Gasteiger partial charge on any atom is 0.416 e. The van der Waals surface area contributed by atoms with Crippen molar-refractivity contribution < 1.29 is 23.1 Å². The molecule has 0 fully saturated rings. The third-order valence-corrected chi connectivity index (χ3v) is 2.74. The molecule has 0 bridgehead atoms. The zero-order valence-electron chi connectivity index (χ0n) is 9.15. The van der Waals surface area contributed by atoms with E-state index in [1.54, 1.807) is 0 Å². The number of carbonyl (C=O) groups is 1. The first-order valence-electron chi connectivity index (χ1n) is 4.94. The Bertz CT molecular complexity index is 637. The highest BCUT2D eigenvalue weighted by Gasteiger charge is 2.31. The lowest BCUT2D eigenvalue weighted by atomic mass is 10.2. The quantitative estimate of drug-likeness (QED) is 0.916. The van der Waals surface area contributed by atoms with Gasteiger partial charge in [-0.1, -0.05) is 15.9 Å². The lowest BCUT2D eigenvalue weighted by Gasteiger charge is -2.10. The Morgan fingerprint density at radius 3 is 2.53 bits per heavy atom. The summed E-state index contributed by atoms with van der Waals surface area (Å²) in [4.78, 5) is 10.7. The highest BCUT2D eigenvalue weighted by molar-refractivity contribution is 9.10. The number of benzene rings is 1. The highest BCUT2D eigenvalue weighted by Crippen LogP contribution is 2.32. The molecule has 19 heavy (non-hydrogen) atoms. The molecule has 2 aromatic rings. The van der Waals surface area contributed by atoms with Gasteiger partial charge in [-0.3, -0.25) is 0 Å². The molecule has 0 unspecified atom stereocenters. The molecule has 100 valence electrons. The number of halogens is 4. The summed E-state index contributed by atoms with van der Waals surface area (Å²) in [7, 11) is 0. The minimum Gasteiger partial charge on any atom is -0.476 e. The summed E-state index contributed by atoms with van der Waals surface area (Å²) in [6, 6.07) is 4.44. The van der Waals surface area contributed by atoms with Crippen LogP contribution in [0.1, 0.15) is 16.1 Å². The molecule has 1 aromatic heterocycles. The van der Waals surface area contributed by atoms with Crippen molar-refractivity contribution in [1.82, 2.24) is 9.78 Å². The van der Waals surface area contributed by atoms with E-state index in [-0.39, 0.29) is 15.9 Å². The van der Waals surface area contributed by atoms with Gasteiger partial charge in [0.1, 0.15) is 0 Å². The van der Waals surface area contributed by atoms with Crippen LogP contribution in [0.5, 0.6) is 0 Å². The van der Waals surface area contributed by atoms with Gasteiger partial charge in [-0.25, -0.2) is 9.48 Å².